The van der Waals surface area contributed by atoms with Gasteiger partial charge in [0.05, 0.1) is 0 Å². The highest BCUT2D eigenvalue weighted by Gasteiger charge is 2.53. The number of rotatable bonds is 2. The lowest BCUT2D eigenvalue weighted by Gasteiger charge is -2.59. The van der Waals surface area contributed by atoms with Gasteiger partial charge in [0.1, 0.15) is 0 Å². The zero-order valence-corrected chi connectivity index (χ0v) is 12.1. The fourth-order valence-electron chi connectivity index (χ4n) is 5.36. The summed E-state index contributed by atoms with van der Waals surface area (Å²) in [4.78, 5) is 0. The third-order valence-electron chi connectivity index (χ3n) is 6.16. The largest absolute Gasteiger partial charge is 0.396 e. The fourth-order valence-corrected chi connectivity index (χ4v) is 5.36. The van der Waals surface area contributed by atoms with Crippen molar-refractivity contribution in [3.05, 3.63) is 0 Å². The molecular weight excluding hydrogens is 208 g/mol. The van der Waals surface area contributed by atoms with Gasteiger partial charge in [-0.2, -0.15) is 0 Å². The molecule has 2 saturated carbocycles. The molecule has 2 aliphatic carbocycles. The maximum Gasteiger partial charge on any atom is 0.0433 e. The van der Waals surface area contributed by atoms with Crippen LogP contribution in [0.2, 0.25) is 0 Å². The lowest BCUT2D eigenvalue weighted by Crippen LogP contribution is -2.51. The average molecular weight is 238 g/mol. The molecule has 100 valence electrons. The Labute approximate surface area is 107 Å². The third kappa shape index (κ3) is 2.16. The van der Waals surface area contributed by atoms with Crippen molar-refractivity contribution < 1.29 is 5.11 Å². The van der Waals surface area contributed by atoms with Crippen LogP contribution in [0.15, 0.2) is 0 Å². The minimum Gasteiger partial charge on any atom is -0.396 e. The van der Waals surface area contributed by atoms with Crippen LogP contribution in [0.25, 0.3) is 0 Å². The maximum absolute atomic E-state index is 9.37. The molecule has 0 aromatic carbocycles. The van der Waals surface area contributed by atoms with Gasteiger partial charge in [-0.3, -0.25) is 0 Å². The molecule has 0 aliphatic heterocycles. The maximum atomic E-state index is 9.37. The van der Waals surface area contributed by atoms with Crippen molar-refractivity contribution in [2.24, 2.45) is 28.6 Å². The molecule has 0 amide bonds. The van der Waals surface area contributed by atoms with E-state index in [4.69, 9.17) is 0 Å². The number of hydrogen-bond donors (Lipinski definition) is 1. The van der Waals surface area contributed by atoms with E-state index in [0.717, 1.165) is 24.2 Å². The van der Waals surface area contributed by atoms with E-state index < -0.39 is 0 Å². The lowest BCUT2D eigenvalue weighted by molar-refractivity contribution is -0.0991. The number of aliphatic hydroxyl groups is 1. The molecule has 2 rings (SSSR count). The Morgan fingerprint density at radius 3 is 2.47 bits per heavy atom. The van der Waals surface area contributed by atoms with Crippen LogP contribution in [0.3, 0.4) is 0 Å². The Morgan fingerprint density at radius 1 is 1.12 bits per heavy atom. The summed E-state index contributed by atoms with van der Waals surface area (Å²) >= 11 is 0. The lowest BCUT2D eigenvalue weighted by atomic mass is 9.46. The Bertz CT molecular complexity index is 271. The number of fused-ring (bicyclic) bond motifs is 1. The number of aliphatic hydroxyl groups excluding tert-OH is 1. The molecule has 1 N–H and O–H groups in total. The normalized spacial score (nSPS) is 45.4. The Morgan fingerprint density at radius 2 is 1.82 bits per heavy atom. The van der Waals surface area contributed by atoms with Gasteiger partial charge < -0.3 is 5.11 Å². The molecule has 2 fully saturated rings. The zero-order valence-electron chi connectivity index (χ0n) is 12.1. The summed E-state index contributed by atoms with van der Waals surface area (Å²) in [5, 5.41) is 9.37. The second kappa shape index (κ2) is 4.57. The molecule has 0 heterocycles. The van der Waals surface area contributed by atoms with Crippen molar-refractivity contribution in [3.63, 3.8) is 0 Å². The zero-order chi connectivity index (χ0) is 12.7. The van der Waals surface area contributed by atoms with Gasteiger partial charge in [0.25, 0.3) is 0 Å². The summed E-state index contributed by atoms with van der Waals surface area (Å²) < 4.78 is 0. The summed E-state index contributed by atoms with van der Waals surface area (Å²) in [7, 11) is 0. The van der Waals surface area contributed by atoms with E-state index in [1.165, 1.54) is 32.1 Å². The minimum absolute atomic E-state index is 0.373. The Hall–Kier alpha value is -0.0400. The van der Waals surface area contributed by atoms with Gasteiger partial charge in [0.15, 0.2) is 0 Å². The molecular formula is C16H30O. The first-order valence-corrected chi connectivity index (χ1v) is 7.52. The summed E-state index contributed by atoms with van der Waals surface area (Å²) in [6, 6.07) is 0. The van der Waals surface area contributed by atoms with Crippen LogP contribution in [0, 0.1) is 28.6 Å². The van der Waals surface area contributed by atoms with Gasteiger partial charge in [-0.15, -0.1) is 0 Å². The van der Waals surface area contributed by atoms with E-state index in [1.54, 1.807) is 0 Å². The smallest absolute Gasteiger partial charge is 0.0433 e. The average Bonchev–Trinajstić information content (AvgIpc) is 2.22. The Kier molecular flexibility index (Phi) is 3.60. The van der Waals surface area contributed by atoms with Crippen molar-refractivity contribution in [1.82, 2.24) is 0 Å². The second-order valence-corrected chi connectivity index (χ2v) is 7.57. The molecule has 1 heteroatoms. The van der Waals surface area contributed by atoms with E-state index in [2.05, 4.69) is 27.7 Å². The van der Waals surface area contributed by atoms with Gasteiger partial charge in [0.2, 0.25) is 0 Å². The Balaban J connectivity index is 2.28. The molecule has 0 radical (unpaired) electrons. The molecule has 2 aliphatic rings. The fraction of sp³-hybridized carbons (Fsp3) is 1.00. The van der Waals surface area contributed by atoms with E-state index >= 15 is 0 Å². The van der Waals surface area contributed by atoms with E-state index in [1.807, 2.05) is 0 Å². The summed E-state index contributed by atoms with van der Waals surface area (Å²) in [5.41, 5.74) is 1.00. The highest BCUT2D eigenvalue weighted by molar-refractivity contribution is 5.02. The monoisotopic (exact) mass is 238 g/mol. The first-order valence-electron chi connectivity index (χ1n) is 7.52. The van der Waals surface area contributed by atoms with Crippen LogP contribution >= 0.6 is 0 Å². The molecule has 0 aromatic heterocycles. The summed E-state index contributed by atoms with van der Waals surface area (Å²) in [6.07, 6.45) is 7.96. The van der Waals surface area contributed by atoms with Gasteiger partial charge in [-0.05, 0) is 54.3 Å². The molecule has 4 atom stereocenters. The van der Waals surface area contributed by atoms with Crippen molar-refractivity contribution in [3.8, 4) is 0 Å². The van der Waals surface area contributed by atoms with Crippen molar-refractivity contribution >= 4 is 0 Å². The van der Waals surface area contributed by atoms with Crippen molar-refractivity contribution in [2.75, 3.05) is 6.61 Å². The van der Waals surface area contributed by atoms with E-state index in [9.17, 15) is 5.11 Å². The highest BCUT2D eigenvalue weighted by atomic mass is 16.3. The van der Waals surface area contributed by atoms with Gasteiger partial charge >= 0.3 is 0 Å². The quantitative estimate of drug-likeness (QED) is 0.762. The summed E-state index contributed by atoms with van der Waals surface area (Å²) in [6.45, 7) is 10.2. The van der Waals surface area contributed by atoms with E-state index in [0.29, 0.717) is 17.4 Å². The molecule has 2 unspecified atom stereocenters. The van der Waals surface area contributed by atoms with Crippen LogP contribution in [-0.4, -0.2) is 11.7 Å². The molecule has 0 aromatic rings. The van der Waals surface area contributed by atoms with Crippen LogP contribution in [-0.2, 0) is 0 Å². The van der Waals surface area contributed by atoms with Gasteiger partial charge in [-0.25, -0.2) is 0 Å². The van der Waals surface area contributed by atoms with Crippen LogP contribution < -0.4 is 0 Å². The molecule has 1 nitrogen and oxygen atoms in total. The van der Waals surface area contributed by atoms with Crippen LogP contribution in [0.4, 0.5) is 0 Å². The van der Waals surface area contributed by atoms with Crippen molar-refractivity contribution in [2.45, 2.75) is 66.2 Å². The van der Waals surface area contributed by atoms with Crippen LogP contribution in [0.5, 0.6) is 0 Å². The van der Waals surface area contributed by atoms with Crippen LogP contribution in [0.1, 0.15) is 66.2 Å². The van der Waals surface area contributed by atoms with Crippen molar-refractivity contribution in [1.29, 1.82) is 0 Å². The predicted molar refractivity (Wildman–Crippen MR) is 72.8 cm³/mol. The third-order valence-corrected chi connectivity index (χ3v) is 6.16. The molecule has 0 spiro atoms. The van der Waals surface area contributed by atoms with Gasteiger partial charge in [-0.1, -0.05) is 40.5 Å². The minimum atomic E-state index is 0.373. The van der Waals surface area contributed by atoms with E-state index in [-0.39, 0.29) is 0 Å². The van der Waals surface area contributed by atoms with Gasteiger partial charge in [0, 0.05) is 6.61 Å². The standard InChI is InChI=1S/C16H30O/c1-12-6-7-14-15(2,3)9-5-10-16(14,4)13(12)8-11-17/h12-14,17H,5-11H2,1-4H3/t12?,13-,14?,16-/m1/s1. The number of hydrogen-bond acceptors (Lipinski definition) is 1. The first kappa shape index (κ1) is 13.4. The molecule has 17 heavy (non-hydrogen) atoms. The second-order valence-electron chi connectivity index (χ2n) is 7.57. The molecule has 0 bridgehead atoms. The summed E-state index contributed by atoms with van der Waals surface area (Å²) in [5.74, 6) is 2.42. The SMILES string of the molecule is CC1CCC2C(C)(C)CCC[C@]2(C)[C@@H]1CCO. The topological polar surface area (TPSA) is 20.2 Å². The molecule has 0 saturated heterocycles. The predicted octanol–water partition coefficient (Wildman–Crippen LogP) is 4.25. The highest BCUT2D eigenvalue weighted by Crippen LogP contribution is 2.61. The first-order chi connectivity index (χ1) is 7.92.